The van der Waals surface area contributed by atoms with Crippen LogP contribution in [0.2, 0.25) is 0 Å². The van der Waals surface area contributed by atoms with Crippen LogP contribution in [-0.2, 0) is 42.9 Å². The van der Waals surface area contributed by atoms with E-state index >= 15 is 4.79 Å². The molecular formula is C50H59N5O15. The van der Waals surface area contributed by atoms with E-state index in [9.17, 15) is 44.7 Å². The van der Waals surface area contributed by atoms with Crippen molar-refractivity contribution in [2.45, 2.75) is 108 Å². The summed E-state index contributed by atoms with van der Waals surface area (Å²) in [6, 6.07) is 15.5. The number of nitrogens with two attached hydrogens (primary N) is 2. The number of benzene rings is 3. The molecule has 0 unspecified atom stereocenters. The number of anilines is 2. The Morgan fingerprint density at radius 2 is 1.54 bits per heavy atom. The Morgan fingerprint density at radius 3 is 2.14 bits per heavy atom. The number of ketones is 1. The van der Waals surface area contributed by atoms with Crippen molar-refractivity contribution in [2.24, 2.45) is 32.5 Å². The molecular weight excluding hydrogens is 911 g/mol. The van der Waals surface area contributed by atoms with E-state index in [4.69, 9.17) is 35.2 Å². The summed E-state index contributed by atoms with van der Waals surface area (Å²) in [7, 11) is 0. The predicted molar refractivity (Wildman–Crippen MR) is 252 cm³/mol. The second kappa shape index (κ2) is 19.6. The van der Waals surface area contributed by atoms with Gasteiger partial charge in [-0.2, -0.15) is 0 Å². The first-order chi connectivity index (χ1) is 33.0. The topological polar surface area (TPSA) is 321 Å². The van der Waals surface area contributed by atoms with Crippen molar-refractivity contribution < 1.29 is 73.2 Å². The first-order valence-corrected chi connectivity index (χ1v) is 22.7. The van der Waals surface area contributed by atoms with Gasteiger partial charge >= 0.3 is 24.0 Å². The van der Waals surface area contributed by atoms with Gasteiger partial charge in [-0.05, 0) is 67.0 Å². The lowest BCUT2D eigenvalue weighted by molar-refractivity contribution is -0.346. The number of aliphatic hydroxyl groups excluding tert-OH is 2. The van der Waals surface area contributed by atoms with Gasteiger partial charge in [0, 0.05) is 73.0 Å². The molecule has 0 spiro atoms. The number of aliphatic hydroxyl groups is 3. The number of amides is 1. The standard InChI is InChI=1S/C50H59N5O15/c1-25-35(21-50(65)44(62)42-48(6,36(60)20-37-49(42,24-66-37)70-27(3)57)43(61)40(67-26(2)56)38(25)47(50,4)5)68-45(63)41(39(52)28-10-8-7-9-11-28)69-46(64)55-32-13-15-34(59)30(19-32)23-54-17-16-53-22-29-18-31(51)12-14-33(29)58/h7-15,18-19,22-23,35-37,39-42,44,58-60,62,65H,16-17,20-21,24,51-52H2,1-6H3,(H,55,64)/t35-,36-,37+,39-,40+,41+,42-,44-,48+,49-,50+/m0/s1. The summed E-state index contributed by atoms with van der Waals surface area (Å²) in [5.74, 6) is -5.45. The van der Waals surface area contributed by atoms with Gasteiger partial charge in [0.05, 0.1) is 43.4 Å². The molecule has 2 bridgehead atoms. The number of carbonyl (C=O) groups excluding carboxylic acids is 5. The molecule has 1 aliphatic heterocycles. The van der Waals surface area contributed by atoms with Crippen molar-refractivity contribution in [2.75, 3.05) is 30.7 Å². The molecule has 3 aromatic rings. The van der Waals surface area contributed by atoms with Gasteiger partial charge in [-0.25, -0.2) is 9.59 Å². The fourth-order valence-electron chi connectivity index (χ4n) is 10.6. The number of phenolic OH excluding ortho intramolecular Hbond substituents is 2. The number of nitrogens with one attached hydrogen (secondary N) is 1. The largest absolute Gasteiger partial charge is 0.507 e. The zero-order chi connectivity index (χ0) is 51.1. The number of hydrogen-bond donors (Lipinski definition) is 8. The number of aromatic hydroxyl groups is 2. The van der Waals surface area contributed by atoms with Gasteiger partial charge in [0.2, 0.25) is 6.10 Å². The molecule has 374 valence electrons. The van der Waals surface area contributed by atoms with Crippen molar-refractivity contribution >= 4 is 53.6 Å². The molecule has 3 aromatic carbocycles. The molecule has 4 aliphatic rings. The van der Waals surface area contributed by atoms with Crippen molar-refractivity contribution in [1.29, 1.82) is 0 Å². The highest BCUT2D eigenvalue weighted by molar-refractivity contribution is 5.95. The second-order valence-electron chi connectivity index (χ2n) is 19.0. The zero-order valence-corrected chi connectivity index (χ0v) is 39.5. The summed E-state index contributed by atoms with van der Waals surface area (Å²) in [6.07, 6.45) is -8.79. The number of esters is 3. The highest BCUT2D eigenvalue weighted by Crippen LogP contribution is 2.63. The number of nitrogen functional groups attached to an aromatic ring is 1. The Morgan fingerprint density at radius 1 is 0.914 bits per heavy atom. The van der Waals surface area contributed by atoms with Crippen LogP contribution in [-0.4, -0.2) is 135 Å². The fourth-order valence-corrected chi connectivity index (χ4v) is 10.6. The van der Waals surface area contributed by atoms with Gasteiger partial charge in [-0.15, -0.1) is 0 Å². The lowest BCUT2D eigenvalue weighted by Crippen LogP contribution is -2.81. The molecule has 0 radical (unpaired) electrons. The summed E-state index contributed by atoms with van der Waals surface area (Å²) in [6.45, 7) is 8.27. The molecule has 2 saturated carbocycles. The van der Waals surface area contributed by atoms with Gasteiger partial charge in [0.15, 0.2) is 17.5 Å². The first-order valence-electron chi connectivity index (χ1n) is 22.7. The van der Waals surface area contributed by atoms with Crippen LogP contribution in [0.1, 0.15) is 77.1 Å². The van der Waals surface area contributed by atoms with Crippen LogP contribution in [0.5, 0.6) is 11.5 Å². The predicted octanol–water partition coefficient (Wildman–Crippen LogP) is 3.19. The van der Waals surface area contributed by atoms with E-state index in [1.165, 1.54) is 64.4 Å². The van der Waals surface area contributed by atoms with E-state index in [0.29, 0.717) is 16.8 Å². The molecule has 10 N–H and O–H groups in total. The van der Waals surface area contributed by atoms with Crippen molar-refractivity contribution in [3.63, 3.8) is 0 Å². The number of rotatable bonds is 13. The van der Waals surface area contributed by atoms with E-state index in [-0.39, 0.29) is 60.0 Å². The van der Waals surface area contributed by atoms with E-state index in [0.717, 1.165) is 13.8 Å². The Kier molecular flexibility index (Phi) is 14.3. The smallest absolute Gasteiger partial charge is 0.412 e. The molecule has 3 fully saturated rings. The van der Waals surface area contributed by atoms with Crippen molar-refractivity contribution in [3.05, 3.63) is 94.6 Å². The maximum atomic E-state index is 15.2. The second-order valence-corrected chi connectivity index (χ2v) is 19.0. The Bertz CT molecular complexity index is 2640. The highest BCUT2D eigenvalue weighted by atomic mass is 16.6. The Hall–Kier alpha value is -6.71. The minimum absolute atomic E-state index is 0.0120. The van der Waals surface area contributed by atoms with E-state index in [1.807, 2.05) is 0 Å². The summed E-state index contributed by atoms with van der Waals surface area (Å²) >= 11 is 0. The van der Waals surface area contributed by atoms with Crippen LogP contribution >= 0.6 is 0 Å². The molecule has 1 heterocycles. The number of carbonyl (C=O) groups is 5. The average molecular weight is 970 g/mol. The van der Waals surface area contributed by atoms with E-state index in [1.54, 1.807) is 42.5 Å². The maximum Gasteiger partial charge on any atom is 0.412 e. The maximum absolute atomic E-state index is 15.2. The lowest BCUT2D eigenvalue weighted by Gasteiger charge is -2.67. The third-order valence-corrected chi connectivity index (χ3v) is 14.4. The molecule has 20 heteroatoms. The number of nitrogens with zero attached hydrogens (tertiary/aromatic N) is 2. The van der Waals surface area contributed by atoms with Crippen LogP contribution in [0.15, 0.2) is 87.9 Å². The highest BCUT2D eigenvalue weighted by Gasteiger charge is 2.77. The monoisotopic (exact) mass is 969 g/mol. The lowest BCUT2D eigenvalue weighted by atomic mass is 9.44. The summed E-state index contributed by atoms with van der Waals surface area (Å²) < 4.78 is 29.3. The molecule has 1 saturated heterocycles. The number of aliphatic imine (C=N–C) groups is 2. The van der Waals surface area contributed by atoms with Crippen molar-refractivity contribution in [1.82, 2.24) is 0 Å². The number of Topliss-reactive ketones (excluding diaryl/α,β-unsaturated/α-hetero) is 1. The first kappa shape index (κ1) is 51.1. The van der Waals surface area contributed by atoms with Gasteiger partial charge in [0.25, 0.3) is 0 Å². The molecule has 3 aliphatic carbocycles. The number of phenols is 2. The van der Waals surface area contributed by atoms with Crippen LogP contribution in [0.25, 0.3) is 0 Å². The summed E-state index contributed by atoms with van der Waals surface area (Å²) in [5, 5.41) is 60.7. The number of ether oxygens (including phenoxy) is 5. The molecule has 7 rings (SSSR count). The number of hydrogen-bond acceptors (Lipinski definition) is 19. The molecule has 0 aromatic heterocycles. The molecule has 11 atom stereocenters. The van der Waals surface area contributed by atoms with Crippen LogP contribution in [0.3, 0.4) is 0 Å². The SMILES string of the molecule is CC(=O)O[C@H]1C(=O)[C@@]2(C)[C@H]([C@H](O)[C@]3(O)C[C@H](OC(=O)[C@H](OC(=O)Nc4ccc(O)c(C=NCCN=Cc5cc(N)ccc5O)c4)[C@@H](N)c4ccccc4)C(C)=C1C3(C)C)[C@]1(OC(C)=O)CO[C@@H]1C[C@@H]2O. The molecule has 1 amide bonds. The van der Waals surface area contributed by atoms with Gasteiger partial charge in [0.1, 0.15) is 29.3 Å². The van der Waals surface area contributed by atoms with Crippen LogP contribution in [0.4, 0.5) is 16.2 Å². The van der Waals surface area contributed by atoms with Gasteiger partial charge in [-0.3, -0.25) is 29.7 Å². The Balaban J connectivity index is 1.17. The normalized spacial score (nSPS) is 29.9. The minimum atomic E-state index is -2.38. The quantitative estimate of drug-likeness (QED) is 0.0232. The van der Waals surface area contributed by atoms with E-state index < -0.39 is 107 Å². The Labute approximate surface area is 403 Å². The van der Waals surface area contributed by atoms with Crippen LogP contribution in [0, 0.1) is 16.7 Å². The fraction of sp³-hybridized carbons (Fsp3) is 0.460. The third-order valence-electron chi connectivity index (χ3n) is 14.4. The average Bonchev–Trinajstić information content (AvgIpc) is 3.29. The molecule has 20 nitrogen and oxygen atoms in total. The van der Waals surface area contributed by atoms with Crippen molar-refractivity contribution in [3.8, 4) is 11.5 Å². The number of fused-ring (bicyclic) bond motifs is 5. The van der Waals surface area contributed by atoms with Gasteiger partial charge in [-0.1, -0.05) is 44.2 Å². The van der Waals surface area contributed by atoms with E-state index in [2.05, 4.69) is 15.3 Å². The third kappa shape index (κ3) is 9.24. The molecule has 70 heavy (non-hydrogen) atoms. The zero-order valence-electron chi connectivity index (χ0n) is 39.5. The minimum Gasteiger partial charge on any atom is -0.507 e. The summed E-state index contributed by atoms with van der Waals surface area (Å²) in [4.78, 5) is 77.6. The summed E-state index contributed by atoms with van der Waals surface area (Å²) in [5.41, 5.74) is 6.40. The van der Waals surface area contributed by atoms with Crippen LogP contribution < -0.4 is 16.8 Å². The van der Waals surface area contributed by atoms with Gasteiger partial charge < -0.3 is 60.7 Å².